The standard InChI is InChI=1S/C10H16N4O/c1-10(3-2-4-10)6-12-9(15)7-5-13-14-8(7)11/h5H,2-4,6H2,1H3,(H,12,15)(H3,11,13,14). The summed E-state index contributed by atoms with van der Waals surface area (Å²) in [7, 11) is 0. The number of hydrogen-bond donors (Lipinski definition) is 3. The van der Waals surface area contributed by atoms with Gasteiger partial charge in [-0.05, 0) is 18.3 Å². The highest BCUT2D eigenvalue weighted by atomic mass is 16.1. The fourth-order valence-electron chi connectivity index (χ4n) is 1.82. The molecule has 1 aliphatic carbocycles. The second-order valence-electron chi connectivity index (χ2n) is 4.54. The molecule has 0 radical (unpaired) electrons. The minimum Gasteiger partial charge on any atom is -0.383 e. The third kappa shape index (κ3) is 1.95. The Morgan fingerprint density at radius 1 is 1.73 bits per heavy atom. The zero-order chi connectivity index (χ0) is 10.9. The van der Waals surface area contributed by atoms with E-state index in [-0.39, 0.29) is 11.3 Å². The van der Waals surface area contributed by atoms with E-state index in [0.29, 0.717) is 11.4 Å². The van der Waals surface area contributed by atoms with Crippen LogP contribution in [-0.2, 0) is 0 Å². The van der Waals surface area contributed by atoms with Crippen LogP contribution in [0.3, 0.4) is 0 Å². The van der Waals surface area contributed by atoms with Crippen LogP contribution < -0.4 is 11.1 Å². The third-order valence-electron chi connectivity index (χ3n) is 3.15. The van der Waals surface area contributed by atoms with E-state index in [0.717, 1.165) is 6.54 Å². The number of H-pyrrole nitrogens is 1. The van der Waals surface area contributed by atoms with Gasteiger partial charge in [-0.3, -0.25) is 9.89 Å². The predicted octanol–water partition coefficient (Wildman–Crippen LogP) is 0.912. The normalized spacial score (nSPS) is 18.2. The Bertz CT molecular complexity index is 367. The van der Waals surface area contributed by atoms with Crippen molar-refractivity contribution in [3.63, 3.8) is 0 Å². The number of nitrogen functional groups attached to an aromatic ring is 1. The molecule has 0 bridgehead atoms. The Morgan fingerprint density at radius 2 is 2.47 bits per heavy atom. The monoisotopic (exact) mass is 208 g/mol. The van der Waals surface area contributed by atoms with Crippen LogP contribution in [0.5, 0.6) is 0 Å². The molecule has 1 heterocycles. The number of nitrogens with one attached hydrogen (secondary N) is 2. The van der Waals surface area contributed by atoms with Crippen molar-refractivity contribution >= 4 is 11.7 Å². The molecule has 1 saturated carbocycles. The average molecular weight is 208 g/mol. The maximum atomic E-state index is 11.7. The number of rotatable bonds is 3. The van der Waals surface area contributed by atoms with Crippen LogP contribution in [0, 0.1) is 5.41 Å². The van der Waals surface area contributed by atoms with Crippen molar-refractivity contribution < 1.29 is 4.79 Å². The average Bonchev–Trinajstić information content (AvgIpc) is 2.58. The van der Waals surface area contributed by atoms with Gasteiger partial charge in [0.2, 0.25) is 0 Å². The van der Waals surface area contributed by atoms with Crippen LogP contribution in [0.25, 0.3) is 0 Å². The molecule has 0 aromatic carbocycles. The molecule has 0 spiro atoms. The molecule has 1 aliphatic rings. The smallest absolute Gasteiger partial charge is 0.256 e. The van der Waals surface area contributed by atoms with Crippen LogP contribution in [0.15, 0.2) is 6.20 Å². The molecule has 82 valence electrons. The zero-order valence-corrected chi connectivity index (χ0v) is 8.84. The Balaban J connectivity index is 1.90. The lowest BCUT2D eigenvalue weighted by molar-refractivity contribution is 0.0891. The van der Waals surface area contributed by atoms with E-state index in [1.54, 1.807) is 0 Å². The molecule has 0 aliphatic heterocycles. The molecule has 1 aromatic heterocycles. The molecule has 1 aromatic rings. The molecule has 0 atom stereocenters. The maximum Gasteiger partial charge on any atom is 0.256 e. The summed E-state index contributed by atoms with van der Waals surface area (Å²) in [6, 6.07) is 0. The molecule has 2 rings (SSSR count). The fourth-order valence-corrected chi connectivity index (χ4v) is 1.82. The van der Waals surface area contributed by atoms with Gasteiger partial charge in [-0.15, -0.1) is 0 Å². The molecular formula is C10H16N4O. The largest absolute Gasteiger partial charge is 0.383 e. The van der Waals surface area contributed by atoms with E-state index in [1.807, 2.05) is 0 Å². The highest BCUT2D eigenvalue weighted by molar-refractivity contribution is 5.98. The van der Waals surface area contributed by atoms with Gasteiger partial charge in [0.15, 0.2) is 0 Å². The van der Waals surface area contributed by atoms with Crippen LogP contribution in [0.2, 0.25) is 0 Å². The Hall–Kier alpha value is -1.52. The van der Waals surface area contributed by atoms with Crippen molar-refractivity contribution in [2.45, 2.75) is 26.2 Å². The third-order valence-corrected chi connectivity index (χ3v) is 3.15. The van der Waals surface area contributed by atoms with Crippen LogP contribution in [0.4, 0.5) is 5.82 Å². The first-order chi connectivity index (χ1) is 7.11. The van der Waals surface area contributed by atoms with Gasteiger partial charge in [0.05, 0.1) is 6.20 Å². The van der Waals surface area contributed by atoms with E-state index >= 15 is 0 Å². The molecular weight excluding hydrogens is 192 g/mol. The fraction of sp³-hybridized carbons (Fsp3) is 0.600. The van der Waals surface area contributed by atoms with Gasteiger partial charge in [-0.25, -0.2) is 0 Å². The highest BCUT2D eigenvalue weighted by Gasteiger charge is 2.32. The van der Waals surface area contributed by atoms with Crippen molar-refractivity contribution in [1.82, 2.24) is 15.5 Å². The van der Waals surface area contributed by atoms with E-state index in [2.05, 4.69) is 22.4 Å². The van der Waals surface area contributed by atoms with Gasteiger partial charge >= 0.3 is 0 Å². The number of aromatic amines is 1. The van der Waals surface area contributed by atoms with E-state index in [4.69, 9.17) is 5.73 Å². The topological polar surface area (TPSA) is 83.8 Å². The number of carbonyl (C=O) groups excluding carboxylic acids is 1. The molecule has 0 saturated heterocycles. The van der Waals surface area contributed by atoms with Gasteiger partial charge in [-0.1, -0.05) is 13.3 Å². The number of aromatic nitrogens is 2. The van der Waals surface area contributed by atoms with E-state index < -0.39 is 0 Å². The van der Waals surface area contributed by atoms with E-state index in [1.165, 1.54) is 25.5 Å². The number of nitrogens with zero attached hydrogens (tertiary/aromatic N) is 1. The number of carbonyl (C=O) groups is 1. The summed E-state index contributed by atoms with van der Waals surface area (Å²) < 4.78 is 0. The minimum atomic E-state index is -0.144. The molecule has 1 amide bonds. The van der Waals surface area contributed by atoms with Gasteiger partial charge in [0.1, 0.15) is 11.4 Å². The number of hydrogen-bond acceptors (Lipinski definition) is 3. The van der Waals surface area contributed by atoms with Crippen LogP contribution in [-0.4, -0.2) is 22.6 Å². The summed E-state index contributed by atoms with van der Waals surface area (Å²) in [6.45, 7) is 2.91. The summed E-state index contributed by atoms with van der Waals surface area (Å²) in [5.41, 5.74) is 6.26. The molecule has 4 N–H and O–H groups in total. The van der Waals surface area contributed by atoms with Crippen LogP contribution >= 0.6 is 0 Å². The van der Waals surface area contributed by atoms with Crippen molar-refractivity contribution in [2.75, 3.05) is 12.3 Å². The summed E-state index contributed by atoms with van der Waals surface area (Å²) in [5, 5.41) is 9.14. The summed E-state index contributed by atoms with van der Waals surface area (Å²) >= 11 is 0. The summed E-state index contributed by atoms with van der Waals surface area (Å²) in [5.74, 6) is 0.181. The first-order valence-corrected chi connectivity index (χ1v) is 5.18. The first kappa shape index (κ1) is 10.0. The second kappa shape index (κ2) is 3.56. The van der Waals surface area contributed by atoms with Crippen LogP contribution in [0.1, 0.15) is 36.5 Å². The minimum absolute atomic E-state index is 0.144. The van der Waals surface area contributed by atoms with Crippen molar-refractivity contribution in [3.05, 3.63) is 11.8 Å². The number of nitrogens with two attached hydrogens (primary N) is 1. The number of amides is 1. The van der Waals surface area contributed by atoms with Gasteiger partial charge < -0.3 is 11.1 Å². The van der Waals surface area contributed by atoms with Gasteiger partial charge in [0.25, 0.3) is 5.91 Å². The molecule has 0 unspecified atom stereocenters. The lowest BCUT2D eigenvalue weighted by Crippen LogP contribution is -2.40. The second-order valence-corrected chi connectivity index (χ2v) is 4.54. The van der Waals surface area contributed by atoms with Gasteiger partial charge in [-0.2, -0.15) is 5.10 Å². The quantitative estimate of drug-likeness (QED) is 0.690. The van der Waals surface area contributed by atoms with Gasteiger partial charge in [0, 0.05) is 6.54 Å². The Kier molecular flexibility index (Phi) is 2.38. The lowest BCUT2D eigenvalue weighted by Gasteiger charge is -2.38. The number of anilines is 1. The summed E-state index contributed by atoms with van der Waals surface area (Å²) in [6.07, 6.45) is 5.09. The SMILES string of the molecule is CC1(CNC(=O)c2cn[nH]c2N)CCC1. The Labute approximate surface area is 88.4 Å². The summed E-state index contributed by atoms with van der Waals surface area (Å²) in [4.78, 5) is 11.7. The van der Waals surface area contributed by atoms with Crippen molar-refractivity contribution in [3.8, 4) is 0 Å². The maximum absolute atomic E-state index is 11.7. The highest BCUT2D eigenvalue weighted by Crippen LogP contribution is 2.39. The molecule has 1 fully saturated rings. The lowest BCUT2D eigenvalue weighted by atomic mass is 9.70. The molecule has 15 heavy (non-hydrogen) atoms. The Morgan fingerprint density at radius 3 is 2.93 bits per heavy atom. The zero-order valence-electron chi connectivity index (χ0n) is 8.84. The van der Waals surface area contributed by atoms with Crippen molar-refractivity contribution in [2.24, 2.45) is 5.41 Å². The van der Waals surface area contributed by atoms with Crippen molar-refractivity contribution in [1.29, 1.82) is 0 Å². The predicted molar refractivity (Wildman–Crippen MR) is 57.3 cm³/mol. The molecule has 5 nitrogen and oxygen atoms in total. The van der Waals surface area contributed by atoms with E-state index in [9.17, 15) is 4.79 Å². The molecule has 5 heteroatoms. The first-order valence-electron chi connectivity index (χ1n) is 5.18.